The maximum Gasteiger partial charge on any atom is 0.262 e. The second-order valence-electron chi connectivity index (χ2n) is 7.50. The minimum absolute atomic E-state index is 0.00873. The Morgan fingerprint density at radius 3 is 2.57 bits per heavy atom. The van der Waals surface area contributed by atoms with E-state index in [0.29, 0.717) is 23.7 Å². The van der Waals surface area contributed by atoms with Crippen molar-refractivity contribution in [2.75, 3.05) is 57.1 Å². The Balaban J connectivity index is 1.23. The SMILES string of the molecule is COc1ccc(CN2CCN(CC(=O)Nc3ccc4c(c3)OCC(=O)N4)CC2)cc1. The van der Waals surface area contributed by atoms with E-state index in [4.69, 9.17) is 9.47 Å². The number of rotatable bonds is 6. The predicted octanol–water partition coefficient (Wildman–Crippen LogP) is 1.78. The van der Waals surface area contributed by atoms with Gasteiger partial charge in [-0.2, -0.15) is 0 Å². The quantitative estimate of drug-likeness (QED) is 0.756. The lowest BCUT2D eigenvalue weighted by Crippen LogP contribution is -2.48. The van der Waals surface area contributed by atoms with E-state index in [1.165, 1.54) is 5.56 Å². The Bertz CT molecular complexity index is 908. The van der Waals surface area contributed by atoms with Crippen LogP contribution in [-0.4, -0.2) is 68.1 Å². The van der Waals surface area contributed by atoms with Crippen LogP contribution in [0.15, 0.2) is 42.5 Å². The Labute approximate surface area is 175 Å². The van der Waals surface area contributed by atoms with Crippen LogP contribution in [0.2, 0.25) is 0 Å². The normalized spacial score (nSPS) is 16.9. The molecule has 0 atom stereocenters. The standard InChI is InChI=1S/C22H26N4O4/c1-29-18-5-2-16(3-6-18)13-25-8-10-26(11-9-25)14-21(27)23-17-4-7-19-20(12-17)30-15-22(28)24-19/h2-7,12H,8-11,13-15H2,1H3,(H,23,27)(H,24,28). The zero-order chi connectivity index (χ0) is 20.9. The Hall–Kier alpha value is -3.10. The van der Waals surface area contributed by atoms with Crippen LogP contribution in [0.1, 0.15) is 5.56 Å². The number of piperazine rings is 1. The molecule has 1 fully saturated rings. The summed E-state index contributed by atoms with van der Waals surface area (Å²) >= 11 is 0. The van der Waals surface area contributed by atoms with Gasteiger partial charge in [0.25, 0.3) is 5.91 Å². The molecule has 2 aliphatic heterocycles. The Morgan fingerprint density at radius 1 is 1.10 bits per heavy atom. The van der Waals surface area contributed by atoms with Crippen molar-refractivity contribution in [1.29, 1.82) is 0 Å². The molecule has 2 aliphatic rings. The predicted molar refractivity (Wildman–Crippen MR) is 114 cm³/mol. The van der Waals surface area contributed by atoms with Gasteiger partial charge >= 0.3 is 0 Å². The van der Waals surface area contributed by atoms with E-state index >= 15 is 0 Å². The van der Waals surface area contributed by atoms with E-state index < -0.39 is 0 Å². The van der Waals surface area contributed by atoms with Crippen LogP contribution in [0.3, 0.4) is 0 Å². The molecule has 2 N–H and O–H groups in total. The average molecular weight is 410 g/mol. The first-order chi connectivity index (χ1) is 14.6. The molecule has 0 radical (unpaired) electrons. The molecule has 2 heterocycles. The summed E-state index contributed by atoms with van der Waals surface area (Å²) < 4.78 is 10.6. The molecule has 0 aromatic heterocycles. The average Bonchev–Trinajstić information content (AvgIpc) is 2.76. The van der Waals surface area contributed by atoms with Gasteiger partial charge in [-0.3, -0.25) is 19.4 Å². The third-order valence-electron chi connectivity index (χ3n) is 5.30. The maximum absolute atomic E-state index is 12.4. The number of methoxy groups -OCH3 is 1. The number of carbonyl (C=O) groups is 2. The number of carbonyl (C=O) groups excluding carboxylic acids is 2. The second-order valence-corrected chi connectivity index (χ2v) is 7.50. The second kappa shape index (κ2) is 9.15. The lowest BCUT2D eigenvalue weighted by molar-refractivity contribution is -0.119. The van der Waals surface area contributed by atoms with Gasteiger partial charge in [-0.15, -0.1) is 0 Å². The van der Waals surface area contributed by atoms with Crippen molar-refractivity contribution in [1.82, 2.24) is 9.80 Å². The Kier molecular flexibility index (Phi) is 6.15. The van der Waals surface area contributed by atoms with Crippen molar-refractivity contribution in [3.8, 4) is 11.5 Å². The van der Waals surface area contributed by atoms with Gasteiger partial charge in [0.05, 0.1) is 19.3 Å². The smallest absolute Gasteiger partial charge is 0.262 e. The molecule has 2 amide bonds. The van der Waals surface area contributed by atoms with Crippen molar-refractivity contribution in [3.63, 3.8) is 0 Å². The number of fused-ring (bicyclic) bond motifs is 1. The first-order valence-corrected chi connectivity index (χ1v) is 10.0. The minimum atomic E-state index is -0.176. The summed E-state index contributed by atoms with van der Waals surface area (Å²) in [5.74, 6) is 1.20. The highest BCUT2D eigenvalue weighted by Gasteiger charge is 2.20. The van der Waals surface area contributed by atoms with Gasteiger partial charge in [-0.05, 0) is 29.8 Å². The summed E-state index contributed by atoms with van der Waals surface area (Å²) in [6.45, 7) is 4.79. The van der Waals surface area contributed by atoms with Crippen molar-refractivity contribution in [3.05, 3.63) is 48.0 Å². The van der Waals surface area contributed by atoms with E-state index in [1.807, 2.05) is 12.1 Å². The summed E-state index contributed by atoms with van der Waals surface area (Å²) in [6, 6.07) is 13.4. The summed E-state index contributed by atoms with van der Waals surface area (Å²) in [4.78, 5) is 28.3. The maximum atomic E-state index is 12.4. The molecular formula is C22H26N4O4. The molecule has 0 unspecified atom stereocenters. The van der Waals surface area contributed by atoms with Gasteiger partial charge < -0.3 is 20.1 Å². The van der Waals surface area contributed by atoms with Crippen molar-refractivity contribution < 1.29 is 19.1 Å². The highest BCUT2D eigenvalue weighted by molar-refractivity contribution is 5.97. The number of anilines is 2. The van der Waals surface area contributed by atoms with Gasteiger partial charge in [0, 0.05) is 44.5 Å². The Morgan fingerprint density at radius 2 is 1.83 bits per heavy atom. The molecule has 8 nitrogen and oxygen atoms in total. The molecule has 30 heavy (non-hydrogen) atoms. The van der Waals surface area contributed by atoms with Gasteiger partial charge in [0.2, 0.25) is 5.91 Å². The van der Waals surface area contributed by atoms with Crippen molar-refractivity contribution in [2.24, 2.45) is 0 Å². The number of hydrogen-bond acceptors (Lipinski definition) is 6. The lowest BCUT2D eigenvalue weighted by Gasteiger charge is -2.34. The van der Waals surface area contributed by atoms with E-state index in [2.05, 4.69) is 32.6 Å². The number of nitrogens with zero attached hydrogens (tertiary/aromatic N) is 2. The zero-order valence-electron chi connectivity index (χ0n) is 17.0. The fourth-order valence-electron chi connectivity index (χ4n) is 3.65. The van der Waals surface area contributed by atoms with Crippen LogP contribution < -0.4 is 20.1 Å². The van der Waals surface area contributed by atoms with Crippen LogP contribution in [0.4, 0.5) is 11.4 Å². The van der Waals surface area contributed by atoms with E-state index in [0.717, 1.165) is 38.5 Å². The minimum Gasteiger partial charge on any atom is -0.497 e. The number of nitrogens with one attached hydrogen (secondary N) is 2. The monoisotopic (exact) mass is 410 g/mol. The van der Waals surface area contributed by atoms with Crippen molar-refractivity contribution >= 4 is 23.2 Å². The highest BCUT2D eigenvalue weighted by Crippen LogP contribution is 2.30. The van der Waals surface area contributed by atoms with Crippen LogP contribution in [0.25, 0.3) is 0 Å². The van der Waals surface area contributed by atoms with Crippen molar-refractivity contribution in [2.45, 2.75) is 6.54 Å². The number of hydrogen-bond donors (Lipinski definition) is 2. The van der Waals surface area contributed by atoms with E-state index in [-0.39, 0.29) is 18.4 Å². The largest absolute Gasteiger partial charge is 0.497 e. The molecule has 8 heteroatoms. The topological polar surface area (TPSA) is 83.1 Å². The van der Waals surface area contributed by atoms with Crippen LogP contribution >= 0.6 is 0 Å². The number of benzene rings is 2. The van der Waals surface area contributed by atoms with E-state index in [1.54, 1.807) is 25.3 Å². The molecule has 4 rings (SSSR count). The third kappa shape index (κ3) is 5.08. The molecule has 2 aromatic rings. The number of amides is 2. The third-order valence-corrected chi connectivity index (χ3v) is 5.30. The summed E-state index contributed by atoms with van der Waals surface area (Å²) in [7, 11) is 1.67. The molecule has 1 saturated heterocycles. The zero-order valence-corrected chi connectivity index (χ0v) is 17.0. The summed E-state index contributed by atoms with van der Waals surface area (Å²) in [5, 5.41) is 5.65. The fraction of sp³-hybridized carbons (Fsp3) is 0.364. The fourth-order valence-corrected chi connectivity index (χ4v) is 3.65. The molecular weight excluding hydrogens is 384 g/mol. The van der Waals surface area contributed by atoms with Gasteiger partial charge in [0.1, 0.15) is 11.5 Å². The van der Waals surface area contributed by atoms with Gasteiger partial charge in [0.15, 0.2) is 6.61 Å². The molecule has 0 saturated carbocycles. The molecule has 158 valence electrons. The number of ether oxygens (including phenoxy) is 2. The van der Waals surface area contributed by atoms with Crippen LogP contribution in [0.5, 0.6) is 11.5 Å². The first kappa shape index (κ1) is 20.2. The molecule has 2 aromatic carbocycles. The summed E-state index contributed by atoms with van der Waals surface area (Å²) in [5.41, 5.74) is 2.54. The highest BCUT2D eigenvalue weighted by atomic mass is 16.5. The molecule has 0 bridgehead atoms. The van der Waals surface area contributed by atoms with Gasteiger partial charge in [-0.25, -0.2) is 0 Å². The molecule has 0 aliphatic carbocycles. The van der Waals surface area contributed by atoms with Crippen LogP contribution in [0, 0.1) is 0 Å². The van der Waals surface area contributed by atoms with Crippen LogP contribution in [-0.2, 0) is 16.1 Å². The summed E-state index contributed by atoms with van der Waals surface area (Å²) in [6.07, 6.45) is 0. The van der Waals surface area contributed by atoms with E-state index in [9.17, 15) is 9.59 Å². The molecule has 0 spiro atoms. The first-order valence-electron chi connectivity index (χ1n) is 10.0. The lowest BCUT2D eigenvalue weighted by atomic mass is 10.2. The van der Waals surface area contributed by atoms with Gasteiger partial charge in [-0.1, -0.05) is 12.1 Å².